The second-order valence-electron chi connectivity index (χ2n) is 4.54. The van der Waals surface area contributed by atoms with Gasteiger partial charge in [-0.1, -0.05) is 43.5 Å². The number of aliphatic carboxylic acids is 1. The van der Waals surface area contributed by atoms with Crippen LogP contribution < -0.4 is 0 Å². The summed E-state index contributed by atoms with van der Waals surface area (Å²) < 4.78 is 10.2. The van der Waals surface area contributed by atoms with E-state index in [0.717, 1.165) is 5.56 Å². The largest absolute Gasteiger partial charge is 0.478 e. The highest BCUT2D eigenvalue weighted by Gasteiger charge is 2.01. The predicted octanol–water partition coefficient (Wildman–Crippen LogP) is 2.97. The summed E-state index contributed by atoms with van der Waals surface area (Å²) in [5, 5.41) is 7.89. The Kier molecular flexibility index (Phi) is 10.0. The standard InChI is InChI=1S/C13H16O3.C4H6O2/c1-11(2)13(14)16-9-8-15-10-12-6-4-3-5-7-12;1-3(2)4(5)6/h3-7H,1,8-10H2,2H3;1H2,2H3,(H,5,6). The molecular formula is C17H22O5. The van der Waals surface area contributed by atoms with Crippen molar-refractivity contribution in [3.63, 3.8) is 0 Å². The Morgan fingerprint density at radius 1 is 1.05 bits per heavy atom. The lowest BCUT2D eigenvalue weighted by molar-refractivity contribution is -0.140. The van der Waals surface area contributed by atoms with Crippen molar-refractivity contribution >= 4 is 11.9 Å². The Morgan fingerprint density at radius 2 is 1.59 bits per heavy atom. The summed E-state index contributed by atoms with van der Waals surface area (Å²) in [7, 11) is 0. The van der Waals surface area contributed by atoms with Gasteiger partial charge in [0.15, 0.2) is 0 Å². The van der Waals surface area contributed by atoms with Gasteiger partial charge in [0.25, 0.3) is 0 Å². The molecule has 0 aromatic heterocycles. The van der Waals surface area contributed by atoms with Crippen molar-refractivity contribution in [2.24, 2.45) is 0 Å². The first-order chi connectivity index (χ1) is 10.3. The van der Waals surface area contributed by atoms with Crippen LogP contribution in [-0.2, 0) is 25.7 Å². The van der Waals surface area contributed by atoms with Crippen LogP contribution in [-0.4, -0.2) is 30.3 Å². The Balaban J connectivity index is 0.000000626. The first-order valence-electron chi connectivity index (χ1n) is 6.67. The Morgan fingerprint density at radius 3 is 2.05 bits per heavy atom. The first kappa shape index (κ1) is 19.6. The predicted molar refractivity (Wildman–Crippen MR) is 84.3 cm³/mol. The zero-order chi connectivity index (χ0) is 17.0. The highest BCUT2D eigenvalue weighted by molar-refractivity contribution is 5.86. The molecule has 0 heterocycles. The molecule has 5 nitrogen and oxygen atoms in total. The van der Waals surface area contributed by atoms with Crippen molar-refractivity contribution in [2.75, 3.05) is 13.2 Å². The number of benzene rings is 1. The maximum absolute atomic E-state index is 11.0. The lowest BCUT2D eigenvalue weighted by Crippen LogP contribution is -2.10. The maximum atomic E-state index is 11.0. The van der Waals surface area contributed by atoms with Gasteiger partial charge in [0.05, 0.1) is 13.2 Å². The van der Waals surface area contributed by atoms with E-state index < -0.39 is 5.97 Å². The molecule has 0 fully saturated rings. The molecule has 0 aliphatic rings. The number of carboxylic acids is 1. The van der Waals surface area contributed by atoms with Gasteiger partial charge in [0.2, 0.25) is 0 Å². The molecule has 22 heavy (non-hydrogen) atoms. The molecule has 0 atom stereocenters. The highest BCUT2D eigenvalue weighted by atomic mass is 16.6. The Bertz CT molecular complexity index is 493. The second kappa shape index (κ2) is 11.3. The molecule has 1 aromatic carbocycles. The molecule has 1 rings (SSSR count). The first-order valence-corrected chi connectivity index (χ1v) is 6.67. The van der Waals surface area contributed by atoms with Crippen molar-refractivity contribution < 1.29 is 24.2 Å². The number of ether oxygens (including phenoxy) is 2. The average molecular weight is 306 g/mol. The van der Waals surface area contributed by atoms with Gasteiger partial charge in [-0.2, -0.15) is 0 Å². The van der Waals surface area contributed by atoms with Crippen LogP contribution in [0.2, 0.25) is 0 Å². The van der Waals surface area contributed by atoms with Gasteiger partial charge < -0.3 is 14.6 Å². The minimum absolute atomic E-state index is 0.176. The molecule has 0 bridgehead atoms. The van der Waals surface area contributed by atoms with Crippen molar-refractivity contribution in [3.8, 4) is 0 Å². The molecule has 0 amide bonds. The number of esters is 1. The van der Waals surface area contributed by atoms with Gasteiger partial charge in [-0.15, -0.1) is 0 Å². The topological polar surface area (TPSA) is 72.8 Å². The summed E-state index contributed by atoms with van der Waals surface area (Å²) in [5.74, 6) is -1.31. The van der Waals surface area contributed by atoms with Gasteiger partial charge in [0.1, 0.15) is 6.61 Å². The van der Waals surface area contributed by atoms with E-state index in [1.165, 1.54) is 6.92 Å². The summed E-state index contributed by atoms with van der Waals surface area (Å²) in [5.41, 5.74) is 1.69. The van der Waals surface area contributed by atoms with Crippen LogP contribution in [0.1, 0.15) is 19.4 Å². The maximum Gasteiger partial charge on any atom is 0.333 e. The van der Waals surface area contributed by atoms with Gasteiger partial charge in [-0.25, -0.2) is 9.59 Å². The van der Waals surface area contributed by atoms with Crippen molar-refractivity contribution in [2.45, 2.75) is 20.5 Å². The van der Waals surface area contributed by atoms with Gasteiger partial charge >= 0.3 is 11.9 Å². The molecule has 5 heteroatoms. The molecule has 0 radical (unpaired) electrons. The fourth-order valence-electron chi connectivity index (χ4n) is 1.08. The molecule has 0 aliphatic carbocycles. The van der Waals surface area contributed by atoms with E-state index in [9.17, 15) is 9.59 Å². The van der Waals surface area contributed by atoms with Crippen molar-refractivity contribution in [1.82, 2.24) is 0 Å². The highest BCUT2D eigenvalue weighted by Crippen LogP contribution is 2.00. The third kappa shape index (κ3) is 10.4. The van der Waals surface area contributed by atoms with E-state index in [0.29, 0.717) is 18.8 Å². The summed E-state index contributed by atoms with van der Waals surface area (Å²) in [6, 6.07) is 9.84. The minimum Gasteiger partial charge on any atom is -0.478 e. The number of hydrogen-bond donors (Lipinski definition) is 1. The van der Waals surface area contributed by atoms with E-state index in [1.54, 1.807) is 6.92 Å². The molecule has 1 N–H and O–H groups in total. The number of carbonyl (C=O) groups excluding carboxylic acids is 1. The number of carboxylic acid groups (broad SMARTS) is 1. The summed E-state index contributed by atoms with van der Waals surface area (Å²) in [6.07, 6.45) is 0. The van der Waals surface area contributed by atoms with E-state index in [2.05, 4.69) is 13.2 Å². The quantitative estimate of drug-likeness (QED) is 0.476. The smallest absolute Gasteiger partial charge is 0.333 e. The second-order valence-corrected chi connectivity index (χ2v) is 4.54. The summed E-state index contributed by atoms with van der Waals surface area (Å²) >= 11 is 0. The fraction of sp³-hybridized carbons (Fsp3) is 0.294. The van der Waals surface area contributed by atoms with Gasteiger partial charge in [0, 0.05) is 11.1 Å². The molecule has 120 valence electrons. The monoisotopic (exact) mass is 306 g/mol. The van der Waals surface area contributed by atoms with Crippen molar-refractivity contribution in [3.05, 3.63) is 60.2 Å². The lowest BCUT2D eigenvalue weighted by Gasteiger charge is -2.05. The molecular weight excluding hydrogens is 284 g/mol. The van der Waals surface area contributed by atoms with Gasteiger partial charge in [-0.3, -0.25) is 0 Å². The van der Waals surface area contributed by atoms with Crippen LogP contribution in [0.15, 0.2) is 54.6 Å². The molecule has 0 saturated heterocycles. The zero-order valence-electron chi connectivity index (χ0n) is 13.0. The molecule has 0 unspecified atom stereocenters. The average Bonchev–Trinajstić information content (AvgIpc) is 2.48. The third-order valence-corrected chi connectivity index (χ3v) is 2.29. The summed E-state index contributed by atoms with van der Waals surface area (Å²) in [6.45, 7) is 10.9. The van der Waals surface area contributed by atoms with Crippen molar-refractivity contribution in [1.29, 1.82) is 0 Å². The van der Waals surface area contributed by atoms with Crippen LogP contribution in [0.5, 0.6) is 0 Å². The number of carbonyl (C=O) groups is 2. The minimum atomic E-state index is -0.935. The van der Waals surface area contributed by atoms with E-state index in [-0.39, 0.29) is 18.1 Å². The normalized spacial score (nSPS) is 9.18. The summed E-state index contributed by atoms with van der Waals surface area (Å²) in [4.78, 5) is 20.6. The molecule has 1 aromatic rings. The number of hydrogen-bond acceptors (Lipinski definition) is 4. The molecule has 0 aliphatic heterocycles. The van der Waals surface area contributed by atoms with Crippen LogP contribution in [0.4, 0.5) is 0 Å². The van der Waals surface area contributed by atoms with E-state index in [4.69, 9.17) is 14.6 Å². The molecule has 0 saturated carbocycles. The fourth-order valence-corrected chi connectivity index (χ4v) is 1.08. The van der Waals surface area contributed by atoms with E-state index >= 15 is 0 Å². The van der Waals surface area contributed by atoms with Crippen LogP contribution >= 0.6 is 0 Å². The number of rotatable bonds is 7. The zero-order valence-corrected chi connectivity index (χ0v) is 13.0. The van der Waals surface area contributed by atoms with Crippen LogP contribution in [0.3, 0.4) is 0 Å². The van der Waals surface area contributed by atoms with Crippen LogP contribution in [0.25, 0.3) is 0 Å². The SMILES string of the molecule is C=C(C)C(=O)O.C=C(C)C(=O)OCCOCc1ccccc1. The van der Waals surface area contributed by atoms with E-state index in [1.807, 2.05) is 30.3 Å². The lowest BCUT2D eigenvalue weighted by atomic mass is 10.2. The Labute approximate surface area is 130 Å². The van der Waals surface area contributed by atoms with Gasteiger partial charge in [-0.05, 0) is 19.4 Å². The third-order valence-electron chi connectivity index (χ3n) is 2.29. The molecule has 0 spiro atoms. The van der Waals surface area contributed by atoms with Crippen LogP contribution in [0, 0.1) is 0 Å². The Hall–Kier alpha value is -2.40.